The van der Waals surface area contributed by atoms with Crippen molar-refractivity contribution in [3.8, 4) is 0 Å². The highest BCUT2D eigenvalue weighted by Gasteiger charge is 2.34. The summed E-state index contributed by atoms with van der Waals surface area (Å²) in [5.41, 5.74) is 0.653. The lowest BCUT2D eigenvalue weighted by Crippen LogP contribution is -2.52. The Morgan fingerprint density at radius 3 is 2.24 bits per heavy atom. The van der Waals surface area contributed by atoms with Gasteiger partial charge in [-0.15, -0.1) is 0 Å². The van der Waals surface area contributed by atoms with Gasteiger partial charge in [-0.1, -0.05) is 89.6 Å². The van der Waals surface area contributed by atoms with E-state index in [4.69, 9.17) is 46.4 Å². The third kappa shape index (κ3) is 7.48. The van der Waals surface area contributed by atoms with Crippen LogP contribution >= 0.6 is 46.4 Å². The zero-order valence-corrected chi connectivity index (χ0v) is 26.0. The highest BCUT2D eigenvalue weighted by Crippen LogP contribution is 2.35. The van der Waals surface area contributed by atoms with Crippen LogP contribution in [0.1, 0.15) is 38.2 Å². The largest absolute Gasteiger partial charge is 0.352 e. The molecule has 2 amide bonds. The standard InChI is InChI=1S/C29H29Cl4N3O4S/c1-19(29(38)34-21-8-5-6-9-21)35(17-20-14-15-23(30)25(32)16-20)27(37)18-36(26-13-7-12-24(31)28(26)33)41(39,40)22-10-3-2-4-11-22/h2-4,7,10-16,19,21H,5-6,8-9,17-18H2,1H3,(H,34,38)/t19-/m0/s1. The molecule has 3 aromatic carbocycles. The third-order valence-electron chi connectivity index (χ3n) is 7.02. The first-order valence-electron chi connectivity index (χ1n) is 13.0. The molecule has 0 bridgehead atoms. The van der Waals surface area contributed by atoms with Crippen LogP contribution in [0.25, 0.3) is 0 Å². The van der Waals surface area contributed by atoms with Gasteiger partial charge >= 0.3 is 0 Å². The van der Waals surface area contributed by atoms with E-state index in [0.29, 0.717) is 15.6 Å². The summed E-state index contributed by atoms with van der Waals surface area (Å²) in [5.74, 6) is -0.954. The van der Waals surface area contributed by atoms with Gasteiger partial charge < -0.3 is 10.2 Å². The smallest absolute Gasteiger partial charge is 0.264 e. The number of hydrogen-bond donors (Lipinski definition) is 1. The minimum atomic E-state index is -4.27. The lowest BCUT2D eigenvalue weighted by Gasteiger charge is -2.32. The van der Waals surface area contributed by atoms with E-state index in [1.807, 2.05) is 0 Å². The van der Waals surface area contributed by atoms with Crippen LogP contribution in [-0.2, 0) is 26.2 Å². The number of carbonyl (C=O) groups is 2. The van der Waals surface area contributed by atoms with Gasteiger partial charge in [-0.05, 0) is 61.7 Å². The Labute approximate surface area is 260 Å². The fraction of sp³-hybridized carbons (Fsp3) is 0.310. The molecule has 1 N–H and O–H groups in total. The number of nitrogens with zero attached hydrogens (tertiary/aromatic N) is 2. The van der Waals surface area contributed by atoms with Crippen molar-refractivity contribution in [1.82, 2.24) is 10.2 Å². The molecule has 0 aromatic heterocycles. The van der Waals surface area contributed by atoms with Crippen molar-refractivity contribution in [2.45, 2.75) is 56.1 Å². The van der Waals surface area contributed by atoms with Gasteiger partial charge in [-0.3, -0.25) is 13.9 Å². The number of hydrogen-bond acceptors (Lipinski definition) is 4. The summed E-state index contributed by atoms with van der Waals surface area (Å²) < 4.78 is 28.7. The molecule has 1 aliphatic carbocycles. The topological polar surface area (TPSA) is 86.8 Å². The highest BCUT2D eigenvalue weighted by atomic mass is 35.5. The van der Waals surface area contributed by atoms with E-state index in [1.54, 1.807) is 49.4 Å². The molecule has 0 heterocycles. The molecule has 1 atom stereocenters. The second-order valence-corrected chi connectivity index (χ2v) is 13.3. The van der Waals surface area contributed by atoms with Crippen LogP contribution in [0.2, 0.25) is 20.1 Å². The maximum atomic E-state index is 14.0. The Morgan fingerprint density at radius 1 is 0.902 bits per heavy atom. The van der Waals surface area contributed by atoms with Gasteiger partial charge in [0.1, 0.15) is 12.6 Å². The number of sulfonamides is 1. The first-order valence-corrected chi connectivity index (χ1v) is 16.0. The van der Waals surface area contributed by atoms with E-state index >= 15 is 0 Å². The van der Waals surface area contributed by atoms with Crippen LogP contribution in [0.15, 0.2) is 71.6 Å². The van der Waals surface area contributed by atoms with Gasteiger partial charge in [0.15, 0.2) is 0 Å². The number of anilines is 1. The predicted octanol–water partition coefficient (Wildman–Crippen LogP) is 6.97. The molecule has 218 valence electrons. The van der Waals surface area contributed by atoms with Crippen molar-refractivity contribution in [3.63, 3.8) is 0 Å². The van der Waals surface area contributed by atoms with Crippen molar-refractivity contribution in [2.24, 2.45) is 0 Å². The Bertz CT molecular complexity index is 1520. The first-order chi connectivity index (χ1) is 19.5. The van der Waals surface area contributed by atoms with Crippen LogP contribution in [0, 0.1) is 0 Å². The summed E-state index contributed by atoms with van der Waals surface area (Å²) >= 11 is 25.0. The minimum absolute atomic E-state index is 0.0164. The minimum Gasteiger partial charge on any atom is -0.352 e. The van der Waals surface area contributed by atoms with E-state index < -0.39 is 28.5 Å². The number of halogens is 4. The Balaban J connectivity index is 1.72. The van der Waals surface area contributed by atoms with Crippen molar-refractivity contribution < 1.29 is 18.0 Å². The average Bonchev–Trinajstić information content (AvgIpc) is 3.47. The second-order valence-electron chi connectivity index (χ2n) is 9.83. The van der Waals surface area contributed by atoms with Crippen LogP contribution < -0.4 is 9.62 Å². The maximum Gasteiger partial charge on any atom is 0.264 e. The van der Waals surface area contributed by atoms with Crippen LogP contribution in [0.4, 0.5) is 5.69 Å². The molecule has 0 saturated heterocycles. The summed E-state index contributed by atoms with van der Waals surface area (Å²) in [6.07, 6.45) is 3.79. The molecule has 0 aliphatic heterocycles. The van der Waals surface area contributed by atoms with Crippen molar-refractivity contribution in [2.75, 3.05) is 10.8 Å². The van der Waals surface area contributed by atoms with E-state index in [-0.39, 0.29) is 39.1 Å². The van der Waals surface area contributed by atoms with Crippen molar-refractivity contribution >= 4 is 73.9 Å². The third-order valence-corrected chi connectivity index (χ3v) is 10.3. The predicted molar refractivity (Wildman–Crippen MR) is 164 cm³/mol. The van der Waals surface area contributed by atoms with Crippen LogP contribution in [-0.4, -0.2) is 43.8 Å². The monoisotopic (exact) mass is 655 g/mol. The van der Waals surface area contributed by atoms with Crippen LogP contribution in [0.5, 0.6) is 0 Å². The molecule has 12 heteroatoms. The zero-order chi connectivity index (χ0) is 29.7. The maximum absolute atomic E-state index is 14.0. The molecule has 1 saturated carbocycles. The number of carbonyl (C=O) groups excluding carboxylic acids is 2. The summed E-state index contributed by atoms with van der Waals surface area (Å²) in [4.78, 5) is 28.6. The quantitative estimate of drug-likeness (QED) is 0.255. The van der Waals surface area contributed by atoms with Gasteiger partial charge in [0.25, 0.3) is 10.0 Å². The zero-order valence-electron chi connectivity index (χ0n) is 22.2. The molecule has 4 rings (SSSR count). The Morgan fingerprint density at radius 2 is 1.59 bits per heavy atom. The molecule has 0 spiro atoms. The molecule has 1 aliphatic rings. The first kappa shape index (κ1) is 31.4. The molecule has 0 radical (unpaired) electrons. The van der Waals surface area contributed by atoms with Gasteiger partial charge in [0.05, 0.1) is 30.7 Å². The summed E-state index contributed by atoms with van der Waals surface area (Å²) in [6.45, 7) is 0.958. The molecule has 41 heavy (non-hydrogen) atoms. The number of amides is 2. The van der Waals surface area contributed by atoms with Gasteiger partial charge in [-0.25, -0.2) is 8.42 Å². The van der Waals surface area contributed by atoms with E-state index in [2.05, 4.69) is 5.32 Å². The molecule has 7 nitrogen and oxygen atoms in total. The molecular weight excluding hydrogens is 628 g/mol. The van der Waals surface area contributed by atoms with Gasteiger partial charge in [-0.2, -0.15) is 0 Å². The van der Waals surface area contributed by atoms with Gasteiger partial charge in [0, 0.05) is 12.6 Å². The second kappa shape index (κ2) is 13.7. The van der Waals surface area contributed by atoms with E-state index in [1.165, 1.54) is 29.2 Å². The number of benzene rings is 3. The van der Waals surface area contributed by atoms with E-state index in [9.17, 15) is 18.0 Å². The SMILES string of the molecule is C[C@@H](C(=O)NC1CCCC1)N(Cc1ccc(Cl)c(Cl)c1)C(=O)CN(c1cccc(Cl)c1Cl)S(=O)(=O)c1ccccc1. The number of rotatable bonds is 10. The summed E-state index contributed by atoms with van der Waals surface area (Å²) in [7, 11) is -4.27. The molecular formula is C29H29Cl4N3O4S. The number of nitrogens with one attached hydrogen (secondary N) is 1. The molecule has 0 unspecified atom stereocenters. The van der Waals surface area contributed by atoms with Crippen molar-refractivity contribution in [3.05, 3.63) is 92.4 Å². The highest BCUT2D eigenvalue weighted by molar-refractivity contribution is 7.92. The Kier molecular flexibility index (Phi) is 10.5. The summed E-state index contributed by atoms with van der Waals surface area (Å²) in [6, 6.07) is 16.3. The average molecular weight is 657 g/mol. The molecule has 3 aromatic rings. The fourth-order valence-corrected chi connectivity index (χ4v) is 6.94. The summed E-state index contributed by atoms with van der Waals surface area (Å²) in [5, 5.41) is 3.76. The Hall–Kier alpha value is -2.49. The molecule has 1 fully saturated rings. The lowest BCUT2D eigenvalue weighted by molar-refractivity contribution is -0.139. The van der Waals surface area contributed by atoms with E-state index in [0.717, 1.165) is 30.0 Å². The van der Waals surface area contributed by atoms with Crippen LogP contribution in [0.3, 0.4) is 0 Å². The lowest BCUT2D eigenvalue weighted by atomic mass is 10.1. The van der Waals surface area contributed by atoms with Gasteiger partial charge in [0.2, 0.25) is 11.8 Å². The normalized spacial score (nSPS) is 14.5. The fourth-order valence-electron chi connectivity index (χ4n) is 4.73. The van der Waals surface area contributed by atoms with Crippen molar-refractivity contribution in [1.29, 1.82) is 0 Å².